The predicted molar refractivity (Wildman–Crippen MR) is 102 cm³/mol. The van der Waals surface area contributed by atoms with Crippen molar-refractivity contribution >= 4 is 28.7 Å². The highest BCUT2D eigenvalue weighted by molar-refractivity contribution is 7.99. The molecule has 0 spiro atoms. The van der Waals surface area contributed by atoms with Gasteiger partial charge in [-0.2, -0.15) is 5.26 Å². The molecule has 0 aliphatic heterocycles. The van der Waals surface area contributed by atoms with Crippen molar-refractivity contribution in [1.29, 1.82) is 5.26 Å². The largest absolute Gasteiger partial charge is 0.383 e. The van der Waals surface area contributed by atoms with Gasteiger partial charge in [0.2, 0.25) is 5.91 Å². The minimum atomic E-state index is -0.688. The fourth-order valence-corrected chi connectivity index (χ4v) is 4.26. The molecule has 1 fully saturated rings. The number of para-hydroxylation sites is 2. The lowest BCUT2D eigenvalue weighted by Crippen LogP contribution is -2.49. The van der Waals surface area contributed by atoms with Crippen molar-refractivity contribution in [2.45, 2.75) is 49.3 Å². The standard InChI is InChI=1S/C19H24N4O2S/c1-25-12-11-23-16-8-4-3-7-15(16)21-18(23)26-13-17(24)22-19(14-20)9-5-2-6-10-19/h3-4,7-8H,2,5-6,9-13H2,1H3,(H,22,24). The van der Waals surface area contributed by atoms with Gasteiger partial charge in [-0.05, 0) is 25.0 Å². The monoisotopic (exact) mass is 372 g/mol. The molecule has 7 heteroatoms. The average molecular weight is 372 g/mol. The third-order valence-corrected chi connectivity index (χ3v) is 5.75. The first-order chi connectivity index (χ1) is 12.7. The van der Waals surface area contributed by atoms with Gasteiger partial charge in [0.1, 0.15) is 5.54 Å². The Balaban J connectivity index is 1.69. The lowest BCUT2D eigenvalue weighted by Gasteiger charge is -2.31. The average Bonchev–Trinajstić information content (AvgIpc) is 3.03. The summed E-state index contributed by atoms with van der Waals surface area (Å²) in [4.78, 5) is 17.1. The van der Waals surface area contributed by atoms with Crippen LogP contribution in [-0.2, 0) is 16.1 Å². The van der Waals surface area contributed by atoms with Gasteiger partial charge in [0, 0.05) is 13.7 Å². The molecule has 1 N–H and O–H groups in total. The number of hydrogen-bond donors (Lipinski definition) is 1. The van der Waals surface area contributed by atoms with Gasteiger partial charge in [-0.3, -0.25) is 4.79 Å². The Kier molecular flexibility index (Phi) is 6.17. The minimum Gasteiger partial charge on any atom is -0.383 e. The second kappa shape index (κ2) is 8.56. The highest BCUT2D eigenvalue weighted by Gasteiger charge is 2.33. The van der Waals surface area contributed by atoms with Gasteiger partial charge in [0.05, 0.1) is 29.5 Å². The second-order valence-electron chi connectivity index (χ2n) is 6.62. The zero-order chi connectivity index (χ0) is 18.4. The number of ether oxygens (including phenoxy) is 1. The molecular weight excluding hydrogens is 348 g/mol. The van der Waals surface area contributed by atoms with Gasteiger partial charge in [0.25, 0.3) is 0 Å². The van der Waals surface area contributed by atoms with Crippen molar-refractivity contribution in [3.05, 3.63) is 24.3 Å². The number of carbonyl (C=O) groups excluding carboxylic acids is 1. The molecule has 0 radical (unpaired) electrons. The van der Waals surface area contributed by atoms with Crippen molar-refractivity contribution < 1.29 is 9.53 Å². The minimum absolute atomic E-state index is 0.108. The number of carbonyl (C=O) groups is 1. The first kappa shape index (κ1) is 18.7. The van der Waals surface area contributed by atoms with E-state index >= 15 is 0 Å². The van der Waals surface area contributed by atoms with Crippen LogP contribution in [0, 0.1) is 11.3 Å². The van der Waals surface area contributed by atoms with E-state index in [4.69, 9.17) is 4.74 Å². The van der Waals surface area contributed by atoms with Gasteiger partial charge in [-0.25, -0.2) is 4.98 Å². The van der Waals surface area contributed by atoms with Crippen LogP contribution < -0.4 is 5.32 Å². The zero-order valence-corrected chi connectivity index (χ0v) is 15.8. The maximum absolute atomic E-state index is 12.4. The van der Waals surface area contributed by atoms with Gasteiger partial charge in [0.15, 0.2) is 5.16 Å². The predicted octanol–water partition coefficient (Wildman–Crippen LogP) is 3.12. The summed E-state index contributed by atoms with van der Waals surface area (Å²) in [5, 5.41) is 13.3. The van der Waals surface area contributed by atoms with Gasteiger partial charge in [-0.1, -0.05) is 43.2 Å². The summed E-state index contributed by atoms with van der Waals surface area (Å²) in [7, 11) is 1.67. The highest BCUT2D eigenvalue weighted by atomic mass is 32.2. The molecule has 1 aliphatic rings. The number of benzene rings is 1. The first-order valence-corrected chi connectivity index (χ1v) is 9.95. The van der Waals surface area contributed by atoms with Crippen molar-refractivity contribution in [2.24, 2.45) is 0 Å². The molecule has 0 unspecified atom stereocenters. The number of aromatic nitrogens is 2. The van der Waals surface area contributed by atoms with Crippen molar-refractivity contribution in [2.75, 3.05) is 19.5 Å². The van der Waals surface area contributed by atoms with E-state index in [1.54, 1.807) is 7.11 Å². The van der Waals surface area contributed by atoms with Crippen molar-refractivity contribution in [1.82, 2.24) is 14.9 Å². The number of rotatable bonds is 7. The molecule has 138 valence electrons. The maximum atomic E-state index is 12.4. The normalized spacial score (nSPS) is 16.3. The van der Waals surface area contributed by atoms with Crippen molar-refractivity contribution in [3.63, 3.8) is 0 Å². The Morgan fingerprint density at radius 3 is 2.88 bits per heavy atom. The molecule has 1 amide bonds. The maximum Gasteiger partial charge on any atom is 0.231 e. The topological polar surface area (TPSA) is 79.9 Å². The molecule has 2 aromatic rings. The van der Waals surface area contributed by atoms with Crippen LogP contribution in [0.1, 0.15) is 32.1 Å². The van der Waals surface area contributed by atoms with E-state index in [-0.39, 0.29) is 11.7 Å². The first-order valence-electron chi connectivity index (χ1n) is 8.97. The molecule has 6 nitrogen and oxygen atoms in total. The van der Waals surface area contributed by atoms with E-state index in [0.717, 1.165) is 48.3 Å². The number of nitrogens with zero attached hydrogens (tertiary/aromatic N) is 3. The lowest BCUT2D eigenvalue weighted by molar-refractivity contribution is -0.120. The third-order valence-electron chi connectivity index (χ3n) is 4.77. The fraction of sp³-hybridized carbons (Fsp3) is 0.526. The van der Waals surface area contributed by atoms with E-state index in [2.05, 4.69) is 20.9 Å². The second-order valence-corrected chi connectivity index (χ2v) is 7.56. The van der Waals surface area contributed by atoms with E-state index in [1.807, 2.05) is 24.3 Å². The van der Waals surface area contributed by atoms with Crippen LogP contribution >= 0.6 is 11.8 Å². The molecule has 26 heavy (non-hydrogen) atoms. The van der Waals surface area contributed by atoms with Crippen LogP contribution in [0.15, 0.2) is 29.4 Å². The van der Waals surface area contributed by atoms with Crippen molar-refractivity contribution in [3.8, 4) is 6.07 Å². The van der Waals surface area contributed by atoms with Crippen LogP contribution in [0.2, 0.25) is 0 Å². The molecule has 1 aromatic carbocycles. The fourth-order valence-electron chi connectivity index (χ4n) is 3.42. The summed E-state index contributed by atoms with van der Waals surface area (Å²) in [6.45, 7) is 1.26. The zero-order valence-electron chi connectivity index (χ0n) is 15.0. The smallest absolute Gasteiger partial charge is 0.231 e. The van der Waals surface area contributed by atoms with Crippen LogP contribution in [0.5, 0.6) is 0 Å². The van der Waals surface area contributed by atoms with Crippen LogP contribution in [-0.4, -0.2) is 40.5 Å². The molecule has 3 rings (SSSR count). The summed E-state index contributed by atoms with van der Waals surface area (Å²) in [5.74, 6) is 0.142. The Hall–Kier alpha value is -2.04. The molecule has 1 saturated carbocycles. The Bertz CT molecular complexity index is 805. The number of imidazole rings is 1. The third kappa shape index (κ3) is 4.19. The summed E-state index contributed by atoms with van der Waals surface area (Å²) in [5.41, 5.74) is 1.26. The van der Waals surface area contributed by atoms with Crippen LogP contribution in [0.3, 0.4) is 0 Å². The van der Waals surface area contributed by atoms with Gasteiger partial charge in [-0.15, -0.1) is 0 Å². The number of nitriles is 1. The van der Waals surface area contributed by atoms with Gasteiger partial charge < -0.3 is 14.6 Å². The molecule has 0 bridgehead atoms. The lowest BCUT2D eigenvalue weighted by atomic mass is 9.83. The van der Waals surface area contributed by atoms with Crippen LogP contribution in [0.25, 0.3) is 11.0 Å². The molecule has 1 aliphatic carbocycles. The summed E-state index contributed by atoms with van der Waals surface area (Å²) < 4.78 is 7.28. The van der Waals surface area contributed by atoms with Crippen LogP contribution in [0.4, 0.5) is 0 Å². The Labute approximate surface area is 157 Å². The number of amides is 1. The highest BCUT2D eigenvalue weighted by Crippen LogP contribution is 2.28. The molecule has 0 atom stereocenters. The molecule has 1 heterocycles. The summed E-state index contributed by atoms with van der Waals surface area (Å²) in [6, 6.07) is 10.3. The van der Waals surface area contributed by atoms with E-state index in [9.17, 15) is 10.1 Å². The van der Waals surface area contributed by atoms with E-state index < -0.39 is 5.54 Å². The Morgan fingerprint density at radius 1 is 1.38 bits per heavy atom. The molecule has 1 aromatic heterocycles. The van der Waals surface area contributed by atoms with E-state index in [1.165, 1.54) is 11.8 Å². The quantitative estimate of drug-likeness (QED) is 0.756. The summed E-state index contributed by atoms with van der Waals surface area (Å²) >= 11 is 1.40. The number of hydrogen-bond acceptors (Lipinski definition) is 5. The molecule has 0 saturated heterocycles. The SMILES string of the molecule is COCCn1c(SCC(=O)NC2(C#N)CCCCC2)nc2ccccc21. The van der Waals surface area contributed by atoms with Gasteiger partial charge >= 0.3 is 0 Å². The number of nitrogens with one attached hydrogen (secondary N) is 1. The Morgan fingerprint density at radius 2 is 2.15 bits per heavy atom. The summed E-state index contributed by atoms with van der Waals surface area (Å²) in [6.07, 6.45) is 4.61. The van der Waals surface area contributed by atoms with E-state index in [0.29, 0.717) is 13.2 Å². The number of fused-ring (bicyclic) bond motifs is 1. The number of thioether (sulfide) groups is 1. The molecular formula is C19H24N4O2S. The number of methoxy groups -OCH3 is 1.